The van der Waals surface area contributed by atoms with Crippen LogP contribution in [0.25, 0.3) is 0 Å². The van der Waals surface area contributed by atoms with Crippen LogP contribution in [0.15, 0.2) is 28.7 Å². The van der Waals surface area contributed by atoms with E-state index in [0.29, 0.717) is 12.5 Å². The Labute approximate surface area is 105 Å². The molecule has 3 nitrogen and oxygen atoms in total. The quantitative estimate of drug-likeness (QED) is 0.871. The largest absolute Gasteiger partial charge is 0.338 e. The SMILES string of the molecule is CC(C)CCNC(=O)Nc1cccc(Br)c1. The van der Waals surface area contributed by atoms with Gasteiger partial charge in [0.2, 0.25) is 0 Å². The lowest BCUT2D eigenvalue weighted by Gasteiger charge is -2.09. The number of carbonyl (C=O) groups excluding carboxylic acids is 1. The van der Waals surface area contributed by atoms with Gasteiger partial charge in [0.25, 0.3) is 0 Å². The van der Waals surface area contributed by atoms with E-state index in [1.54, 1.807) is 0 Å². The minimum atomic E-state index is -0.154. The zero-order chi connectivity index (χ0) is 12.0. The fraction of sp³-hybridized carbons (Fsp3) is 0.417. The predicted octanol–water partition coefficient (Wildman–Crippen LogP) is 3.62. The van der Waals surface area contributed by atoms with Crippen molar-refractivity contribution in [2.75, 3.05) is 11.9 Å². The number of nitrogens with one attached hydrogen (secondary N) is 2. The molecule has 88 valence electrons. The van der Waals surface area contributed by atoms with Crippen molar-refractivity contribution in [3.8, 4) is 0 Å². The fourth-order valence-corrected chi connectivity index (χ4v) is 1.62. The third-order valence-corrected chi connectivity index (χ3v) is 2.58. The summed E-state index contributed by atoms with van der Waals surface area (Å²) in [6.45, 7) is 4.97. The Balaban J connectivity index is 2.34. The first kappa shape index (κ1) is 13.0. The lowest BCUT2D eigenvalue weighted by molar-refractivity contribution is 0.251. The topological polar surface area (TPSA) is 41.1 Å². The van der Waals surface area contributed by atoms with Gasteiger partial charge in [-0.05, 0) is 30.5 Å². The Kier molecular flexibility index (Phi) is 5.32. The van der Waals surface area contributed by atoms with Crippen molar-refractivity contribution in [3.63, 3.8) is 0 Å². The van der Waals surface area contributed by atoms with Crippen molar-refractivity contribution in [2.45, 2.75) is 20.3 Å². The number of amides is 2. The third-order valence-electron chi connectivity index (χ3n) is 2.09. The Morgan fingerprint density at radius 2 is 2.19 bits per heavy atom. The van der Waals surface area contributed by atoms with Gasteiger partial charge in [-0.2, -0.15) is 0 Å². The van der Waals surface area contributed by atoms with Crippen molar-refractivity contribution in [1.82, 2.24) is 5.32 Å². The van der Waals surface area contributed by atoms with Gasteiger partial charge in [-0.1, -0.05) is 35.8 Å². The average molecular weight is 285 g/mol. The first-order valence-electron chi connectivity index (χ1n) is 5.38. The molecule has 0 saturated carbocycles. The molecule has 2 N–H and O–H groups in total. The molecule has 0 heterocycles. The Morgan fingerprint density at radius 1 is 1.44 bits per heavy atom. The molecular formula is C12H17BrN2O. The second-order valence-electron chi connectivity index (χ2n) is 4.07. The Morgan fingerprint density at radius 3 is 2.81 bits per heavy atom. The summed E-state index contributed by atoms with van der Waals surface area (Å²) < 4.78 is 0.951. The van der Waals surface area contributed by atoms with Crippen LogP contribution in [0.1, 0.15) is 20.3 Å². The summed E-state index contributed by atoms with van der Waals surface area (Å²) in [7, 11) is 0. The molecule has 0 fully saturated rings. The van der Waals surface area contributed by atoms with Crippen molar-refractivity contribution in [2.24, 2.45) is 5.92 Å². The number of urea groups is 1. The van der Waals surface area contributed by atoms with E-state index in [0.717, 1.165) is 16.6 Å². The molecule has 2 amide bonds. The summed E-state index contributed by atoms with van der Waals surface area (Å²) in [5.41, 5.74) is 0.788. The van der Waals surface area contributed by atoms with Crippen molar-refractivity contribution in [1.29, 1.82) is 0 Å². The molecule has 0 radical (unpaired) electrons. The molecular weight excluding hydrogens is 268 g/mol. The molecule has 0 aliphatic rings. The maximum atomic E-state index is 11.5. The molecule has 1 rings (SSSR count). The van der Waals surface area contributed by atoms with Gasteiger partial charge >= 0.3 is 6.03 Å². The molecule has 0 aliphatic carbocycles. The van der Waals surface area contributed by atoms with Crippen LogP contribution in [-0.2, 0) is 0 Å². The van der Waals surface area contributed by atoms with E-state index in [4.69, 9.17) is 0 Å². The van der Waals surface area contributed by atoms with E-state index in [9.17, 15) is 4.79 Å². The monoisotopic (exact) mass is 284 g/mol. The number of benzene rings is 1. The molecule has 0 unspecified atom stereocenters. The van der Waals surface area contributed by atoms with Gasteiger partial charge in [-0.15, -0.1) is 0 Å². The van der Waals surface area contributed by atoms with E-state index in [2.05, 4.69) is 40.4 Å². The highest BCUT2D eigenvalue weighted by Gasteiger charge is 2.01. The minimum absolute atomic E-state index is 0.154. The van der Waals surface area contributed by atoms with Crippen molar-refractivity contribution >= 4 is 27.6 Å². The maximum Gasteiger partial charge on any atom is 0.319 e. The average Bonchev–Trinajstić information content (AvgIpc) is 2.16. The van der Waals surface area contributed by atoms with Crippen LogP contribution in [0.2, 0.25) is 0 Å². The molecule has 1 aromatic carbocycles. The first-order chi connectivity index (χ1) is 7.58. The predicted molar refractivity (Wildman–Crippen MR) is 70.6 cm³/mol. The van der Waals surface area contributed by atoms with Gasteiger partial charge in [0.05, 0.1) is 0 Å². The van der Waals surface area contributed by atoms with Gasteiger partial charge in [0.1, 0.15) is 0 Å². The number of hydrogen-bond donors (Lipinski definition) is 2. The number of carbonyl (C=O) groups is 1. The smallest absolute Gasteiger partial charge is 0.319 e. The van der Waals surface area contributed by atoms with Gasteiger partial charge in [0.15, 0.2) is 0 Å². The Hall–Kier alpha value is -1.03. The molecule has 1 aromatic rings. The van der Waals surface area contributed by atoms with Crippen LogP contribution < -0.4 is 10.6 Å². The van der Waals surface area contributed by atoms with E-state index in [1.807, 2.05) is 24.3 Å². The summed E-state index contributed by atoms with van der Waals surface area (Å²) >= 11 is 3.35. The normalized spacial score (nSPS) is 10.2. The van der Waals surface area contributed by atoms with E-state index in [-0.39, 0.29) is 6.03 Å². The molecule has 0 aromatic heterocycles. The third kappa shape index (κ3) is 5.16. The van der Waals surface area contributed by atoms with Crippen LogP contribution in [0.4, 0.5) is 10.5 Å². The number of rotatable bonds is 4. The first-order valence-corrected chi connectivity index (χ1v) is 6.17. The second-order valence-corrected chi connectivity index (χ2v) is 4.99. The summed E-state index contributed by atoms with van der Waals surface area (Å²) in [4.78, 5) is 11.5. The highest BCUT2D eigenvalue weighted by molar-refractivity contribution is 9.10. The maximum absolute atomic E-state index is 11.5. The van der Waals surface area contributed by atoms with Crippen LogP contribution in [0.3, 0.4) is 0 Å². The molecule has 0 spiro atoms. The standard InChI is InChI=1S/C12H17BrN2O/c1-9(2)6-7-14-12(16)15-11-5-3-4-10(13)8-11/h3-5,8-9H,6-7H2,1-2H3,(H2,14,15,16). The zero-order valence-corrected chi connectivity index (χ0v) is 11.2. The summed E-state index contributed by atoms with van der Waals surface area (Å²) in [5, 5.41) is 5.59. The van der Waals surface area contributed by atoms with Gasteiger partial charge in [-0.25, -0.2) is 4.79 Å². The summed E-state index contributed by atoms with van der Waals surface area (Å²) in [6, 6.07) is 7.36. The highest BCUT2D eigenvalue weighted by Crippen LogP contribution is 2.15. The minimum Gasteiger partial charge on any atom is -0.338 e. The summed E-state index contributed by atoms with van der Waals surface area (Å²) in [6.07, 6.45) is 0.992. The van der Waals surface area contributed by atoms with E-state index < -0.39 is 0 Å². The molecule has 4 heteroatoms. The Bertz CT molecular complexity index is 353. The molecule has 0 saturated heterocycles. The van der Waals surface area contributed by atoms with Crippen LogP contribution in [0, 0.1) is 5.92 Å². The fourth-order valence-electron chi connectivity index (χ4n) is 1.22. The van der Waals surface area contributed by atoms with Crippen LogP contribution in [-0.4, -0.2) is 12.6 Å². The van der Waals surface area contributed by atoms with Crippen LogP contribution >= 0.6 is 15.9 Å². The summed E-state index contributed by atoms with van der Waals surface area (Å²) in [5.74, 6) is 0.603. The van der Waals surface area contributed by atoms with E-state index >= 15 is 0 Å². The lowest BCUT2D eigenvalue weighted by Crippen LogP contribution is -2.30. The second kappa shape index (κ2) is 6.53. The zero-order valence-electron chi connectivity index (χ0n) is 9.59. The van der Waals surface area contributed by atoms with Gasteiger partial charge in [-0.3, -0.25) is 0 Å². The number of anilines is 1. The van der Waals surface area contributed by atoms with Crippen molar-refractivity contribution in [3.05, 3.63) is 28.7 Å². The van der Waals surface area contributed by atoms with Gasteiger partial charge < -0.3 is 10.6 Å². The lowest BCUT2D eigenvalue weighted by atomic mass is 10.1. The molecule has 0 aliphatic heterocycles. The van der Waals surface area contributed by atoms with Crippen molar-refractivity contribution < 1.29 is 4.79 Å². The number of hydrogen-bond acceptors (Lipinski definition) is 1. The van der Waals surface area contributed by atoms with Gasteiger partial charge in [0, 0.05) is 16.7 Å². The molecule has 16 heavy (non-hydrogen) atoms. The number of halogens is 1. The highest BCUT2D eigenvalue weighted by atomic mass is 79.9. The van der Waals surface area contributed by atoms with E-state index in [1.165, 1.54) is 0 Å². The molecule has 0 bridgehead atoms. The van der Waals surface area contributed by atoms with Crippen LogP contribution in [0.5, 0.6) is 0 Å². The molecule has 0 atom stereocenters.